The van der Waals surface area contributed by atoms with E-state index in [2.05, 4.69) is 42.2 Å². The van der Waals surface area contributed by atoms with Crippen molar-refractivity contribution in [3.05, 3.63) is 12.3 Å². The maximum absolute atomic E-state index is 4.52. The topological polar surface area (TPSA) is 33.1 Å². The van der Waals surface area contributed by atoms with E-state index >= 15 is 0 Å². The molecule has 0 bridgehead atoms. The van der Waals surface area contributed by atoms with Gasteiger partial charge in [-0.25, -0.2) is 0 Å². The number of hydrogen-bond acceptors (Lipinski definition) is 3. The fourth-order valence-electron chi connectivity index (χ4n) is 2.34. The van der Waals surface area contributed by atoms with Gasteiger partial charge in [0.15, 0.2) is 5.82 Å². The molecule has 1 N–H and O–H groups in total. The van der Waals surface area contributed by atoms with Crippen molar-refractivity contribution in [3.8, 4) is 0 Å². The molecule has 4 nitrogen and oxygen atoms in total. The minimum absolute atomic E-state index is 0.539. The maximum Gasteiger partial charge on any atom is 0.150 e. The predicted octanol–water partition coefficient (Wildman–Crippen LogP) is 1.24. The molecule has 1 aromatic rings. The number of rotatable bonds is 2. The molecule has 0 aliphatic carbocycles. The molecular formula is C12H22N4. The highest BCUT2D eigenvalue weighted by molar-refractivity contribution is 5.40. The zero-order valence-corrected chi connectivity index (χ0v) is 10.6. The normalized spacial score (nSPS) is 26.4. The van der Waals surface area contributed by atoms with Gasteiger partial charge >= 0.3 is 0 Å². The summed E-state index contributed by atoms with van der Waals surface area (Å²) >= 11 is 0. The zero-order chi connectivity index (χ0) is 11.7. The van der Waals surface area contributed by atoms with Crippen molar-refractivity contribution >= 4 is 5.82 Å². The van der Waals surface area contributed by atoms with E-state index < -0.39 is 0 Å². The van der Waals surface area contributed by atoms with Gasteiger partial charge in [-0.3, -0.25) is 4.68 Å². The van der Waals surface area contributed by atoms with E-state index in [1.165, 1.54) is 0 Å². The van der Waals surface area contributed by atoms with E-state index in [9.17, 15) is 0 Å². The summed E-state index contributed by atoms with van der Waals surface area (Å²) in [7, 11) is 1.97. The quantitative estimate of drug-likeness (QED) is 0.817. The third kappa shape index (κ3) is 2.21. The van der Waals surface area contributed by atoms with E-state index in [1.54, 1.807) is 0 Å². The lowest BCUT2D eigenvalue weighted by atomic mass is 9.99. The third-order valence-corrected chi connectivity index (χ3v) is 3.31. The molecule has 2 heterocycles. The first-order chi connectivity index (χ1) is 7.58. The van der Waals surface area contributed by atoms with Crippen molar-refractivity contribution in [3.63, 3.8) is 0 Å². The number of aryl methyl sites for hydroxylation is 1. The summed E-state index contributed by atoms with van der Waals surface area (Å²) in [5.74, 6) is 1.75. The number of anilines is 1. The monoisotopic (exact) mass is 222 g/mol. The molecule has 2 rings (SSSR count). The second-order valence-electron chi connectivity index (χ2n) is 5.12. The lowest BCUT2D eigenvalue weighted by molar-refractivity contribution is 0.346. The lowest BCUT2D eigenvalue weighted by Gasteiger charge is -2.41. The second-order valence-corrected chi connectivity index (χ2v) is 5.12. The summed E-state index contributed by atoms with van der Waals surface area (Å²) in [5, 5.41) is 8.06. The van der Waals surface area contributed by atoms with Crippen LogP contribution in [0.4, 0.5) is 5.82 Å². The smallest absolute Gasteiger partial charge is 0.150 e. The number of piperazine rings is 1. The molecule has 2 unspecified atom stereocenters. The molecule has 0 saturated carbocycles. The van der Waals surface area contributed by atoms with Gasteiger partial charge in [-0.05, 0) is 12.8 Å². The first-order valence-electron chi connectivity index (χ1n) is 6.07. The second kappa shape index (κ2) is 4.45. The van der Waals surface area contributed by atoms with Crippen LogP contribution >= 0.6 is 0 Å². The molecule has 1 aliphatic heterocycles. The van der Waals surface area contributed by atoms with Gasteiger partial charge in [-0.2, -0.15) is 5.10 Å². The van der Waals surface area contributed by atoms with Crippen molar-refractivity contribution in [2.75, 3.05) is 18.0 Å². The summed E-state index contributed by atoms with van der Waals surface area (Å²) in [5.41, 5.74) is 0. The van der Waals surface area contributed by atoms with Gasteiger partial charge in [-0.15, -0.1) is 0 Å². The minimum atomic E-state index is 0.539. The number of hydrogen-bond donors (Lipinski definition) is 1. The van der Waals surface area contributed by atoms with E-state index in [-0.39, 0.29) is 0 Å². The fourth-order valence-corrected chi connectivity index (χ4v) is 2.34. The van der Waals surface area contributed by atoms with Gasteiger partial charge in [0.25, 0.3) is 0 Å². The molecule has 0 spiro atoms. The van der Waals surface area contributed by atoms with Crippen LogP contribution in [-0.2, 0) is 7.05 Å². The van der Waals surface area contributed by atoms with Crippen LogP contribution in [0.5, 0.6) is 0 Å². The minimum Gasteiger partial charge on any atom is -0.349 e. The predicted molar refractivity (Wildman–Crippen MR) is 66.6 cm³/mol. The molecule has 1 aliphatic rings. The maximum atomic E-state index is 4.52. The summed E-state index contributed by atoms with van der Waals surface area (Å²) in [6, 6.07) is 3.19. The zero-order valence-electron chi connectivity index (χ0n) is 10.6. The Morgan fingerprint density at radius 2 is 2.25 bits per heavy atom. The molecule has 1 fully saturated rings. The number of aromatic nitrogens is 2. The van der Waals surface area contributed by atoms with Crippen LogP contribution in [0.1, 0.15) is 20.8 Å². The molecule has 90 valence electrons. The van der Waals surface area contributed by atoms with E-state index in [0.29, 0.717) is 18.0 Å². The summed E-state index contributed by atoms with van der Waals surface area (Å²) < 4.78 is 1.87. The van der Waals surface area contributed by atoms with Gasteiger partial charge in [0.05, 0.1) is 0 Å². The first kappa shape index (κ1) is 11.5. The van der Waals surface area contributed by atoms with Crippen LogP contribution < -0.4 is 10.2 Å². The van der Waals surface area contributed by atoms with Gasteiger partial charge in [0.1, 0.15) is 0 Å². The van der Waals surface area contributed by atoms with E-state index in [0.717, 1.165) is 18.9 Å². The summed E-state index contributed by atoms with van der Waals surface area (Å²) in [4.78, 5) is 2.44. The Labute approximate surface area is 97.6 Å². The highest BCUT2D eigenvalue weighted by Gasteiger charge is 2.29. The largest absolute Gasteiger partial charge is 0.349 e. The standard InChI is InChI=1S/C12H22N4/c1-9(2)11-7-13-10(3)8-16(11)12-5-6-15(4)14-12/h5-6,9-11,13H,7-8H2,1-4H3. The Hall–Kier alpha value is -1.03. The molecular weight excluding hydrogens is 200 g/mol. The Balaban J connectivity index is 2.20. The van der Waals surface area contributed by atoms with Crippen LogP contribution in [0.15, 0.2) is 12.3 Å². The average molecular weight is 222 g/mol. The fraction of sp³-hybridized carbons (Fsp3) is 0.750. The molecule has 0 aromatic carbocycles. The first-order valence-corrected chi connectivity index (χ1v) is 6.07. The highest BCUT2D eigenvalue weighted by Crippen LogP contribution is 2.21. The van der Waals surface area contributed by atoms with Crippen LogP contribution in [0.25, 0.3) is 0 Å². The van der Waals surface area contributed by atoms with E-state index in [4.69, 9.17) is 0 Å². The Bertz CT molecular complexity index is 345. The molecule has 2 atom stereocenters. The van der Waals surface area contributed by atoms with Gasteiger partial charge in [0, 0.05) is 44.5 Å². The van der Waals surface area contributed by atoms with Crippen molar-refractivity contribution in [1.29, 1.82) is 0 Å². The van der Waals surface area contributed by atoms with Crippen molar-refractivity contribution in [2.45, 2.75) is 32.9 Å². The molecule has 0 amide bonds. The highest BCUT2D eigenvalue weighted by atomic mass is 15.4. The molecule has 16 heavy (non-hydrogen) atoms. The number of nitrogens with zero attached hydrogens (tertiary/aromatic N) is 3. The molecule has 1 aromatic heterocycles. The van der Waals surface area contributed by atoms with Crippen LogP contribution in [0, 0.1) is 5.92 Å². The lowest BCUT2D eigenvalue weighted by Crippen LogP contribution is -2.57. The molecule has 1 saturated heterocycles. The summed E-state index contributed by atoms with van der Waals surface area (Å²) in [6.07, 6.45) is 2.01. The molecule has 4 heteroatoms. The van der Waals surface area contributed by atoms with Crippen LogP contribution in [0.3, 0.4) is 0 Å². The van der Waals surface area contributed by atoms with E-state index in [1.807, 2.05) is 17.9 Å². The summed E-state index contributed by atoms with van der Waals surface area (Å²) in [6.45, 7) is 8.87. The van der Waals surface area contributed by atoms with Crippen LogP contribution in [0.2, 0.25) is 0 Å². The Morgan fingerprint density at radius 1 is 1.50 bits per heavy atom. The number of nitrogens with one attached hydrogen (secondary N) is 1. The van der Waals surface area contributed by atoms with Gasteiger partial charge < -0.3 is 10.2 Å². The van der Waals surface area contributed by atoms with Crippen LogP contribution in [-0.4, -0.2) is 35.0 Å². The van der Waals surface area contributed by atoms with Crippen molar-refractivity contribution in [2.24, 2.45) is 13.0 Å². The Morgan fingerprint density at radius 3 is 2.81 bits per heavy atom. The Kier molecular flexibility index (Phi) is 3.19. The average Bonchev–Trinajstić information content (AvgIpc) is 2.64. The van der Waals surface area contributed by atoms with Gasteiger partial charge in [-0.1, -0.05) is 13.8 Å². The van der Waals surface area contributed by atoms with Crippen molar-refractivity contribution < 1.29 is 0 Å². The third-order valence-electron chi connectivity index (χ3n) is 3.31. The SMILES string of the molecule is CC1CN(c2ccn(C)n2)C(C(C)C)CN1. The van der Waals surface area contributed by atoms with Crippen molar-refractivity contribution in [1.82, 2.24) is 15.1 Å². The van der Waals surface area contributed by atoms with Gasteiger partial charge in [0.2, 0.25) is 0 Å². The molecule has 0 radical (unpaired) electrons.